The number of amides is 1. The van der Waals surface area contributed by atoms with Crippen molar-refractivity contribution >= 4 is 23.2 Å². The molecule has 114 valence electrons. The fourth-order valence-corrected chi connectivity index (χ4v) is 2.41. The molecule has 0 atom stereocenters. The van der Waals surface area contributed by atoms with Crippen molar-refractivity contribution in [3.63, 3.8) is 0 Å². The van der Waals surface area contributed by atoms with Crippen LogP contribution in [0, 0.1) is 10.1 Å². The topological polar surface area (TPSA) is 102 Å². The molecule has 0 unspecified atom stereocenters. The second-order valence-electron chi connectivity index (χ2n) is 4.92. The standard InChI is InChI=1S/C13H15ClN2O5/c14-9-1-2-11(16(19)20)10(7-9)12(18)15-13(8-17)3-5-21-6-4-13/h1-2,7,17H,3-6,8H2,(H,15,18). The Hall–Kier alpha value is -1.70. The maximum Gasteiger partial charge on any atom is 0.282 e. The Morgan fingerprint density at radius 2 is 2.14 bits per heavy atom. The summed E-state index contributed by atoms with van der Waals surface area (Å²) in [5.41, 5.74) is -1.25. The fourth-order valence-electron chi connectivity index (χ4n) is 2.24. The molecule has 7 nitrogen and oxygen atoms in total. The highest BCUT2D eigenvalue weighted by Gasteiger charge is 2.35. The number of carbonyl (C=O) groups excluding carboxylic acids is 1. The number of nitrogens with one attached hydrogen (secondary N) is 1. The lowest BCUT2D eigenvalue weighted by molar-refractivity contribution is -0.385. The monoisotopic (exact) mass is 314 g/mol. The lowest BCUT2D eigenvalue weighted by atomic mass is 9.90. The van der Waals surface area contributed by atoms with E-state index in [1.54, 1.807) is 0 Å². The van der Waals surface area contributed by atoms with Crippen LogP contribution in [0.25, 0.3) is 0 Å². The van der Waals surface area contributed by atoms with Crippen LogP contribution in [-0.2, 0) is 4.74 Å². The molecule has 2 rings (SSSR count). The molecule has 0 aliphatic carbocycles. The molecule has 0 spiro atoms. The van der Waals surface area contributed by atoms with E-state index in [9.17, 15) is 20.0 Å². The van der Waals surface area contributed by atoms with Gasteiger partial charge in [0, 0.05) is 24.3 Å². The SMILES string of the molecule is O=C(NC1(CO)CCOCC1)c1cc(Cl)ccc1[N+](=O)[O-]. The molecule has 1 saturated heterocycles. The number of ether oxygens (including phenoxy) is 1. The Kier molecular flexibility index (Phi) is 4.76. The van der Waals surface area contributed by atoms with Gasteiger partial charge in [0.2, 0.25) is 0 Å². The molecule has 0 bridgehead atoms. The Morgan fingerprint density at radius 1 is 1.48 bits per heavy atom. The smallest absolute Gasteiger partial charge is 0.282 e. The first-order chi connectivity index (χ1) is 9.97. The second-order valence-corrected chi connectivity index (χ2v) is 5.36. The first-order valence-electron chi connectivity index (χ1n) is 6.42. The summed E-state index contributed by atoms with van der Waals surface area (Å²) in [5.74, 6) is -0.625. The van der Waals surface area contributed by atoms with Crippen molar-refractivity contribution in [3.05, 3.63) is 38.9 Å². The average Bonchev–Trinajstić information content (AvgIpc) is 2.47. The molecule has 8 heteroatoms. The number of hydrogen-bond donors (Lipinski definition) is 2. The summed E-state index contributed by atoms with van der Waals surface area (Å²) in [6.45, 7) is 0.577. The minimum absolute atomic E-state index is 0.119. The van der Waals surface area contributed by atoms with E-state index in [4.69, 9.17) is 16.3 Å². The van der Waals surface area contributed by atoms with Gasteiger partial charge in [-0.25, -0.2) is 0 Å². The fraction of sp³-hybridized carbons (Fsp3) is 0.462. The van der Waals surface area contributed by atoms with Gasteiger partial charge in [0.05, 0.1) is 17.1 Å². The van der Waals surface area contributed by atoms with Crippen molar-refractivity contribution in [2.75, 3.05) is 19.8 Å². The summed E-state index contributed by atoms with van der Waals surface area (Å²) in [6.07, 6.45) is 0.896. The van der Waals surface area contributed by atoms with Gasteiger partial charge >= 0.3 is 0 Å². The Morgan fingerprint density at radius 3 is 2.71 bits per heavy atom. The predicted octanol–water partition coefficient (Wildman–Crippen LogP) is 1.52. The third-order valence-electron chi connectivity index (χ3n) is 3.53. The molecule has 1 amide bonds. The van der Waals surface area contributed by atoms with E-state index in [0.717, 1.165) is 0 Å². The number of rotatable bonds is 4. The van der Waals surface area contributed by atoms with Crippen LogP contribution in [0.2, 0.25) is 5.02 Å². The molecule has 1 aromatic rings. The Bertz CT molecular complexity index is 557. The van der Waals surface area contributed by atoms with Crippen LogP contribution >= 0.6 is 11.6 Å². The van der Waals surface area contributed by atoms with Gasteiger partial charge in [-0.15, -0.1) is 0 Å². The van der Waals surface area contributed by atoms with Crippen molar-refractivity contribution < 1.29 is 19.6 Å². The number of hydrogen-bond acceptors (Lipinski definition) is 5. The van der Waals surface area contributed by atoms with E-state index in [2.05, 4.69) is 5.32 Å². The van der Waals surface area contributed by atoms with E-state index in [0.29, 0.717) is 26.1 Å². The van der Waals surface area contributed by atoms with Crippen LogP contribution in [-0.4, -0.2) is 41.3 Å². The minimum Gasteiger partial charge on any atom is -0.394 e. The Labute approximate surface area is 126 Å². The van der Waals surface area contributed by atoms with Gasteiger partial charge in [-0.2, -0.15) is 0 Å². The Balaban J connectivity index is 2.27. The second kappa shape index (κ2) is 6.38. The van der Waals surface area contributed by atoms with Crippen molar-refractivity contribution in [1.29, 1.82) is 0 Å². The van der Waals surface area contributed by atoms with Gasteiger partial charge in [0.15, 0.2) is 0 Å². The van der Waals surface area contributed by atoms with Crippen molar-refractivity contribution in [3.8, 4) is 0 Å². The van der Waals surface area contributed by atoms with Gasteiger partial charge < -0.3 is 15.2 Å². The summed E-state index contributed by atoms with van der Waals surface area (Å²) in [7, 11) is 0. The molecule has 1 fully saturated rings. The minimum atomic E-state index is -0.814. The number of nitro groups is 1. The summed E-state index contributed by atoms with van der Waals surface area (Å²) < 4.78 is 5.20. The molecule has 0 aromatic heterocycles. The summed E-state index contributed by atoms with van der Waals surface area (Å²) in [6, 6.07) is 3.79. The lowest BCUT2D eigenvalue weighted by Crippen LogP contribution is -2.54. The maximum absolute atomic E-state index is 12.3. The first kappa shape index (κ1) is 15.7. The van der Waals surface area contributed by atoms with Crippen LogP contribution in [0.4, 0.5) is 5.69 Å². The predicted molar refractivity (Wildman–Crippen MR) is 75.4 cm³/mol. The van der Waals surface area contributed by atoms with Gasteiger partial charge in [-0.05, 0) is 25.0 Å². The molecule has 1 aliphatic heterocycles. The number of benzene rings is 1. The quantitative estimate of drug-likeness (QED) is 0.648. The van der Waals surface area contributed by atoms with Crippen LogP contribution in [0.1, 0.15) is 23.2 Å². The van der Waals surface area contributed by atoms with Gasteiger partial charge in [-0.1, -0.05) is 11.6 Å². The molecule has 1 aromatic carbocycles. The first-order valence-corrected chi connectivity index (χ1v) is 6.80. The third kappa shape index (κ3) is 3.49. The zero-order valence-corrected chi connectivity index (χ0v) is 11.9. The van der Waals surface area contributed by atoms with E-state index < -0.39 is 16.4 Å². The van der Waals surface area contributed by atoms with Crippen LogP contribution in [0.5, 0.6) is 0 Å². The number of aliphatic hydroxyl groups excluding tert-OH is 1. The van der Waals surface area contributed by atoms with E-state index in [1.807, 2.05) is 0 Å². The molecule has 2 N–H and O–H groups in total. The van der Waals surface area contributed by atoms with Crippen LogP contribution in [0.15, 0.2) is 18.2 Å². The summed E-state index contributed by atoms with van der Waals surface area (Å²) >= 11 is 5.80. The van der Waals surface area contributed by atoms with E-state index >= 15 is 0 Å². The van der Waals surface area contributed by atoms with Crippen LogP contribution in [0.3, 0.4) is 0 Å². The summed E-state index contributed by atoms with van der Waals surface area (Å²) in [4.78, 5) is 22.7. The average molecular weight is 315 g/mol. The van der Waals surface area contributed by atoms with Gasteiger partial charge in [0.25, 0.3) is 11.6 Å². The van der Waals surface area contributed by atoms with Crippen molar-refractivity contribution in [2.45, 2.75) is 18.4 Å². The molecule has 0 radical (unpaired) electrons. The molecule has 21 heavy (non-hydrogen) atoms. The molecule has 1 aliphatic rings. The number of aliphatic hydroxyl groups is 1. The maximum atomic E-state index is 12.3. The highest BCUT2D eigenvalue weighted by molar-refractivity contribution is 6.31. The largest absolute Gasteiger partial charge is 0.394 e. The highest BCUT2D eigenvalue weighted by atomic mass is 35.5. The van der Waals surface area contributed by atoms with E-state index in [-0.39, 0.29) is 22.9 Å². The van der Waals surface area contributed by atoms with E-state index in [1.165, 1.54) is 18.2 Å². The molecule has 1 heterocycles. The summed E-state index contributed by atoms with van der Waals surface area (Å²) in [5, 5.41) is 23.5. The number of carbonyl (C=O) groups is 1. The van der Waals surface area contributed by atoms with Crippen molar-refractivity contribution in [2.24, 2.45) is 0 Å². The van der Waals surface area contributed by atoms with Gasteiger partial charge in [0.1, 0.15) is 5.56 Å². The zero-order chi connectivity index (χ0) is 15.5. The number of nitro benzene ring substituents is 1. The highest BCUT2D eigenvalue weighted by Crippen LogP contribution is 2.25. The van der Waals surface area contributed by atoms with Crippen LogP contribution < -0.4 is 5.32 Å². The normalized spacial score (nSPS) is 17.2. The molecular weight excluding hydrogens is 300 g/mol. The molecular formula is C13H15ClN2O5. The zero-order valence-electron chi connectivity index (χ0n) is 11.2. The van der Waals surface area contributed by atoms with Gasteiger partial charge in [-0.3, -0.25) is 14.9 Å². The molecule has 0 saturated carbocycles. The number of halogens is 1. The number of nitrogens with zero attached hydrogens (tertiary/aromatic N) is 1. The van der Waals surface area contributed by atoms with Crippen molar-refractivity contribution in [1.82, 2.24) is 5.32 Å². The lowest BCUT2D eigenvalue weighted by Gasteiger charge is -2.36. The third-order valence-corrected chi connectivity index (χ3v) is 3.77.